The summed E-state index contributed by atoms with van der Waals surface area (Å²) in [6.07, 6.45) is 7.30. The van der Waals surface area contributed by atoms with Crippen LogP contribution in [0, 0.1) is 5.41 Å². The van der Waals surface area contributed by atoms with Crippen LogP contribution in [0.2, 0.25) is 0 Å². The van der Waals surface area contributed by atoms with Crippen molar-refractivity contribution in [1.82, 2.24) is 4.90 Å². The molecule has 0 fully saturated rings. The van der Waals surface area contributed by atoms with E-state index < -0.39 is 0 Å². The highest BCUT2D eigenvalue weighted by atomic mass is 32.2. The van der Waals surface area contributed by atoms with Crippen LogP contribution in [0.4, 0.5) is 0 Å². The Hall–Kier alpha value is -0.180. The lowest BCUT2D eigenvalue weighted by molar-refractivity contribution is 0.403. The second kappa shape index (κ2) is 11.3. The van der Waals surface area contributed by atoms with Gasteiger partial charge in [0.2, 0.25) is 0 Å². The monoisotopic (exact) mass is 244 g/mol. The average molecular weight is 244 g/mol. The second-order valence-corrected chi connectivity index (χ2v) is 5.28. The molecule has 0 spiro atoms. The molecular formula is C13H28N2S. The lowest BCUT2D eigenvalue weighted by Gasteiger charge is -2.24. The van der Waals surface area contributed by atoms with E-state index in [2.05, 4.69) is 25.7 Å². The van der Waals surface area contributed by atoms with Crippen LogP contribution in [0.3, 0.4) is 0 Å². The van der Waals surface area contributed by atoms with Crippen LogP contribution in [-0.2, 0) is 0 Å². The highest BCUT2D eigenvalue weighted by Crippen LogP contribution is 2.12. The third-order valence-corrected chi connectivity index (χ3v) is 3.61. The zero-order valence-corrected chi connectivity index (χ0v) is 12.0. The van der Waals surface area contributed by atoms with Gasteiger partial charge in [-0.3, -0.25) is 5.41 Å². The predicted molar refractivity (Wildman–Crippen MR) is 76.5 cm³/mol. The lowest BCUT2D eigenvalue weighted by Crippen LogP contribution is -2.30. The van der Waals surface area contributed by atoms with E-state index in [1.54, 1.807) is 11.8 Å². The van der Waals surface area contributed by atoms with Gasteiger partial charge >= 0.3 is 0 Å². The molecule has 0 aromatic heterocycles. The maximum Gasteiger partial charge on any atom is 0.156 e. The van der Waals surface area contributed by atoms with Crippen molar-refractivity contribution in [3.05, 3.63) is 0 Å². The molecule has 2 nitrogen and oxygen atoms in total. The Labute approximate surface area is 106 Å². The number of rotatable bonds is 9. The first-order valence-corrected chi connectivity index (χ1v) is 7.71. The van der Waals surface area contributed by atoms with Crippen LogP contribution in [0.15, 0.2) is 0 Å². The fourth-order valence-electron chi connectivity index (χ4n) is 1.42. The number of unbranched alkanes of at least 4 members (excludes halogenated alkanes) is 3. The summed E-state index contributed by atoms with van der Waals surface area (Å²) in [5.41, 5.74) is 0. The number of amidine groups is 1. The normalized spacial score (nSPS) is 10.4. The van der Waals surface area contributed by atoms with Crippen LogP contribution in [-0.4, -0.2) is 28.9 Å². The first kappa shape index (κ1) is 15.8. The zero-order valence-electron chi connectivity index (χ0n) is 11.2. The number of thioether (sulfide) groups is 1. The first-order valence-electron chi connectivity index (χ1n) is 6.72. The van der Waals surface area contributed by atoms with Gasteiger partial charge in [-0.15, -0.1) is 0 Å². The van der Waals surface area contributed by atoms with Gasteiger partial charge in [0.25, 0.3) is 0 Å². The van der Waals surface area contributed by atoms with E-state index in [-0.39, 0.29) is 0 Å². The number of nitrogens with zero attached hydrogens (tertiary/aromatic N) is 1. The smallest absolute Gasteiger partial charge is 0.156 e. The Morgan fingerprint density at radius 3 is 1.88 bits per heavy atom. The van der Waals surface area contributed by atoms with E-state index in [1.807, 2.05) is 0 Å². The van der Waals surface area contributed by atoms with Crippen molar-refractivity contribution in [1.29, 1.82) is 5.41 Å². The second-order valence-electron chi connectivity index (χ2n) is 4.20. The zero-order chi connectivity index (χ0) is 12.2. The summed E-state index contributed by atoms with van der Waals surface area (Å²) in [6.45, 7) is 8.76. The minimum absolute atomic E-state index is 0.787. The Kier molecular flexibility index (Phi) is 11.2. The first-order chi connectivity index (χ1) is 7.76. The summed E-state index contributed by atoms with van der Waals surface area (Å²) in [6, 6.07) is 0. The fourth-order valence-corrected chi connectivity index (χ4v) is 2.41. The fraction of sp³-hybridized carbons (Fsp3) is 0.923. The molecule has 1 N–H and O–H groups in total. The van der Waals surface area contributed by atoms with Crippen molar-refractivity contribution in [3.8, 4) is 0 Å². The van der Waals surface area contributed by atoms with Gasteiger partial charge in [0.1, 0.15) is 0 Å². The third kappa shape index (κ3) is 8.03. The van der Waals surface area contributed by atoms with Crippen molar-refractivity contribution >= 4 is 16.9 Å². The van der Waals surface area contributed by atoms with E-state index >= 15 is 0 Å². The molecule has 0 heterocycles. The van der Waals surface area contributed by atoms with Crippen LogP contribution < -0.4 is 0 Å². The van der Waals surface area contributed by atoms with E-state index in [0.29, 0.717) is 0 Å². The molecule has 0 bridgehead atoms. The molecule has 96 valence electrons. The minimum atomic E-state index is 0.787. The maximum absolute atomic E-state index is 8.07. The topological polar surface area (TPSA) is 27.1 Å². The third-order valence-electron chi connectivity index (χ3n) is 2.59. The standard InChI is InChI=1S/C13H28N2S/c1-4-7-10-15(11-8-5-2)13(14)16-12-9-6-3/h14H,4-12H2,1-3H3. The van der Waals surface area contributed by atoms with Crippen molar-refractivity contribution < 1.29 is 0 Å². The molecule has 0 radical (unpaired) electrons. The number of hydrogen-bond donors (Lipinski definition) is 1. The Morgan fingerprint density at radius 1 is 0.938 bits per heavy atom. The van der Waals surface area contributed by atoms with Crippen molar-refractivity contribution in [3.63, 3.8) is 0 Å². The molecule has 0 aliphatic carbocycles. The maximum atomic E-state index is 8.07. The molecule has 0 unspecified atom stereocenters. The number of hydrogen-bond acceptors (Lipinski definition) is 2. The molecule has 0 aliphatic heterocycles. The highest BCUT2D eigenvalue weighted by Gasteiger charge is 2.08. The molecule has 0 rings (SSSR count). The Bertz CT molecular complexity index is 163. The Morgan fingerprint density at radius 2 is 1.44 bits per heavy atom. The number of nitrogens with one attached hydrogen (secondary N) is 1. The van der Waals surface area contributed by atoms with Gasteiger partial charge in [0.15, 0.2) is 5.17 Å². The van der Waals surface area contributed by atoms with Gasteiger partial charge in [-0.1, -0.05) is 51.8 Å². The molecule has 0 saturated carbocycles. The van der Waals surface area contributed by atoms with Crippen LogP contribution in [0.1, 0.15) is 59.3 Å². The van der Waals surface area contributed by atoms with Gasteiger partial charge in [0.05, 0.1) is 0 Å². The molecule has 0 amide bonds. The van der Waals surface area contributed by atoms with E-state index in [1.165, 1.54) is 38.5 Å². The largest absolute Gasteiger partial charge is 0.352 e. The van der Waals surface area contributed by atoms with Crippen molar-refractivity contribution in [2.45, 2.75) is 59.3 Å². The van der Waals surface area contributed by atoms with E-state index in [0.717, 1.165) is 24.0 Å². The molecule has 0 aromatic carbocycles. The van der Waals surface area contributed by atoms with Gasteiger partial charge < -0.3 is 4.90 Å². The summed E-state index contributed by atoms with van der Waals surface area (Å²) in [7, 11) is 0. The Balaban J connectivity index is 3.88. The van der Waals surface area contributed by atoms with Crippen LogP contribution in [0.25, 0.3) is 0 Å². The van der Waals surface area contributed by atoms with Crippen molar-refractivity contribution in [2.75, 3.05) is 18.8 Å². The van der Waals surface area contributed by atoms with Gasteiger partial charge in [-0.25, -0.2) is 0 Å². The van der Waals surface area contributed by atoms with Crippen LogP contribution >= 0.6 is 11.8 Å². The molecule has 0 aliphatic rings. The molecule has 3 heteroatoms. The van der Waals surface area contributed by atoms with E-state index in [4.69, 9.17) is 5.41 Å². The minimum Gasteiger partial charge on any atom is -0.352 e. The van der Waals surface area contributed by atoms with E-state index in [9.17, 15) is 0 Å². The molecular weight excluding hydrogens is 216 g/mol. The average Bonchev–Trinajstić information content (AvgIpc) is 2.29. The van der Waals surface area contributed by atoms with Gasteiger partial charge in [0, 0.05) is 18.8 Å². The summed E-state index contributed by atoms with van der Waals surface area (Å²) in [5.74, 6) is 1.10. The summed E-state index contributed by atoms with van der Waals surface area (Å²) >= 11 is 1.72. The van der Waals surface area contributed by atoms with Crippen LogP contribution in [0.5, 0.6) is 0 Å². The SMILES string of the molecule is CCCCSC(=N)N(CCCC)CCCC. The van der Waals surface area contributed by atoms with Crippen molar-refractivity contribution in [2.24, 2.45) is 0 Å². The summed E-state index contributed by atoms with van der Waals surface area (Å²) in [4.78, 5) is 2.26. The van der Waals surface area contributed by atoms with Gasteiger partial charge in [-0.2, -0.15) is 0 Å². The molecule has 16 heavy (non-hydrogen) atoms. The molecule has 0 atom stereocenters. The molecule has 0 aromatic rings. The lowest BCUT2D eigenvalue weighted by atomic mass is 10.3. The highest BCUT2D eigenvalue weighted by molar-refractivity contribution is 8.13. The quantitative estimate of drug-likeness (QED) is 0.371. The summed E-state index contributed by atoms with van der Waals surface area (Å²) < 4.78 is 0. The summed E-state index contributed by atoms with van der Waals surface area (Å²) in [5, 5.41) is 8.86. The van der Waals surface area contributed by atoms with Gasteiger partial charge in [-0.05, 0) is 19.3 Å². The molecule has 0 saturated heterocycles. The predicted octanol–water partition coefficient (Wildman–Crippen LogP) is 4.36.